The summed E-state index contributed by atoms with van der Waals surface area (Å²) in [5.41, 5.74) is 0.550. The fraction of sp³-hybridized carbons (Fsp3) is 0.500. The number of piperazine rings is 1. The summed E-state index contributed by atoms with van der Waals surface area (Å²) in [6.07, 6.45) is 1.92. The highest BCUT2D eigenvalue weighted by Crippen LogP contribution is 2.24. The normalized spacial score (nSPS) is 19.2. The molecule has 1 atom stereocenters. The molecule has 0 spiro atoms. The standard InChI is InChI=1S/C12H16N4O3/c1-3-9-12(17)13-4-5-15(9)11-6-8(2)10(7-14-11)16(18)19/h6-7,9H,3-5H2,1-2H3,(H,13,17)/t9-/m1/s1. The molecule has 2 rings (SSSR count). The van der Waals surface area contributed by atoms with Crippen LogP contribution in [0.1, 0.15) is 18.9 Å². The summed E-state index contributed by atoms with van der Waals surface area (Å²) < 4.78 is 0. The number of pyridine rings is 1. The topological polar surface area (TPSA) is 88.4 Å². The highest BCUT2D eigenvalue weighted by atomic mass is 16.6. The summed E-state index contributed by atoms with van der Waals surface area (Å²) >= 11 is 0. The molecular formula is C12H16N4O3. The van der Waals surface area contributed by atoms with Gasteiger partial charge < -0.3 is 10.2 Å². The fourth-order valence-electron chi connectivity index (χ4n) is 2.28. The zero-order chi connectivity index (χ0) is 14.0. The lowest BCUT2D eigenvalue weighted by molar-refractivity contribution is -0.385. The molecule has 0 saturated carbocycles. The molecule has 1 N–H and O–H groups in total. The lowest BCUT2D eigenvalue weighted by atomic mass is 10.1. The number of nitro groups is 1. The van der Waals surface area contributed by atoms with Crippen LogP contribution in [-0.4, -0.2) is 34.9 Å². The van der Waals surface area contributed by atoms with Crippen molar-refractivity contribution in [2.75, 3.05) is 18.0 Å². The number of aryl methyl sites for hydroxylation is 1. The molecule has 7 heteroatoms. The van der Waals surface area contributed by atoms with Gasteiger partial charge in [-0.25, -0.2) is 4.98 Å². The zero-order valence-corrected chi connectivity index (χ0v) is 10.9. The largest absolute Gasteiger partial charge is 0.353 e. The van der Waals surface area contributed by atoms with Gasteiger partial charge in [-0.1, -0.05) is 6.92 Å². The molecule has 19 heavy (non-hydrogen) atoms. The Hall–Kier alpha value is -2.18. The molecule has 1 aliphatic heterocycles. The van der Waals surface area contributed by atoms with Crippen molar-refractivity contribution in [1.29, 1.82) is 0 Å². The molecule has 0 unspecified atom stereocenters. The van der Waals surface area contributed by atoms with E-state index < -0.39 is 4.92 Å². The number of carbonyl (C=O) groups excluding carboxylic acids is 1. The molecule has 0 aliphatic carbocycles. The van der Waals surface area contributed by atoms with Crippen molar-refractivity contribution < 1.29 is 9.72 Å². The van der Waals surface area contributed by atoms with Gasteiger partial charge in [-0.05, 0) is 19.4 Å². The van der Waals surface area contributed by atoms with Crippen molar-refractivity contribution >= 4 is 17.4 Å². The second-order valence-electron chi connectivity index (χ2n) is 4.49. The Morgan fingerprint density at radius 3 is 2.95 bits per heavy atom. The van der Waals surface area contributed by atoms with Crippen molar-refractivity contribution in [2.24, 2.45) is 0 Å². The van der Waals surface area contributed by atoms with Crippen molar-refractivity contribution in [3.05, 3.63) is 27.9 Å². The number of amides is 1. The van der Waals surface area contributed by atoms with Crippen LogP contribution in [0.2, 0.25) is 0 Å². The SMILES string of the molecule is CC[C@@H]1C(=O)NCCN1c1cc(C)c([N+](=O)[O-])cn1. The number of nitrogens with one attached hydrogen (secondary N) is 1. The van der Waals surface area contributed by atoms with E-state index in [-0.39, 0.29) is 17.6 Å². The molecule has 1 aromatic rings. The van der Waals surface area contributed by atoms with Crippen molar-refractivity contribution in [3.8, 4) is 0 Å². The predicted octanol–water partition coefficient (Wildman–Crippen LogP) is 1.01. The smallest absolute Gasteiger partial charge is 0.290 e. The zero-order valence-electron chi connectivity index (χ0n) is 10.9. The summed E-state index contributed by atoms with van der Waals surface area (Å²) in [5, 5.41) is 13.6. The maximum absolute atomic E-state index is 11.8. The van der Waals surface area contributed by atoms with Gasteiger partial charge in [0.15, 0.2) is 0 Å². The van der Waals surface area contributed by atoms with Crippen molar-refractivity contribution in [3.63, 3.8) is 0 Å². The third-order valence-electron chi connectivity index (χ3n) is 3.28. The van der Waals surface area contributed by atoms with E-state index in [0.717, 1.165) is 0 Å². The average molecular weight is 264 g/mol. The Balaban J connectivity index is 2.33. The van der Waals surface area contributed by atoms with Crippen LogP contribution in [-0.2, 0) is 4.79 Å². The Bertz CT molecular complexity index is 518. The van der Waals surface area contributed by atoms with E-state index in [2.05, 4.69) is 10.3 Å². The lowest BCUT2D eigenvalue weighted by Gasteiger charge is -2.35. The molecule has 1 amide bonds. The van der Waals surface area contributed by atoms with E-state index in [1.807, 2.05) is 11.8 Å². The van der Waals surface area contributed by atoms with Gasteiger partial charge in [0.1, 0.15) is 18.1 Å². The first kappa shape index (κ1) is 13.3. The van der Waals surface area contributed by atoms with Gasteiger partial charge in [0.05, 0.1) is 4.92 Å². The molecule has 0 radical (unpaired) electrons. The molecule has 102 valence electrons. The van der Waals surface area contributed by atoms with Crippen LogP contribution in [0.15, 0.2) is 12.3 Å². The number of carbonyl (C=O) groups is 1. The highest BCUT2D eigenvalue weighted by Gasteiger charge is 2.29. The average Bonchev–Trinajstić information content (AvgIpc) is 2.37. The monoisotopic (exact) mass is 264 g/mol. The minimum atomic E-state index is -0.452. The molecule has 0 bridgehead atoms. The first-order valence-electron chi connectivity index (χ1n) is 6.20. The van der Waals surface area contributed by atoms with E-state index in [1.54, 1.807) is 13.0 Å². The second-order valence-corrected chi connectivity index (χ2v) is 4.49. The van der Waals surface area contributed by atoms with Gasteiger partial charge in [-0.15, -0.1) is 0 Å². The van der Waals surface area contributed by atoms with Gasteiger partial charge in [-0.2, -0.15) is 0 Å². The fourth-order valence-corrected chi connectivity index (χ4v) is 2.28. The maximum atomic E-state index is 11.8. The Labute approximate surface area is 110 Å². The van der Waals surface area contributed by atoms with Crippen LogP contribution >= 0.6 is 0 Å². The molecular weight excluding hydrogens is 248 g/mol. The quantitative estimate of drug-likeness (QED) is 0.650. The minimum absolute atomic E-state index is 0.00161. The van der Waals surface area contributed by atoms with Gasteiger partial charge in [0.25, 0.3) is 5.69 Å². The van der Waals surface area contributed by atoms with Crippen LogP contribution in [0.3, 0.4) is 0 Å². The molecule has 1 fully saturated rings. The summed E-state index contributed by atoms with van der Waals surface area (Å²) in [5.74, 6) is 0.594. The molecule has 1 aliphatic rings. The van der Waals surface area contributed by atoms with Crippen LogP contribution in [0.25, 0.3) is 0 Å². The number of anilines is 1. The van der Waals surface area contributed by atoms with Crippen molar-refractivity contribution in [2.45, 2.75) is 26.3 Å². The van der Waals surface area contributed by atoms with E-state index >= 15 is 0 Å². The third-order valence-corrected chi connectivity index (χ3v) is 3.28. The number of nitrogens with zero attached hydrogens (tertiary/aromatic N) is 3. The summed E-state index contributed by atoms with van der Waals surface area (Å²) in [6, 6.07) is 1.40. The van der Waals surface area contributed by atoms with Crippen LogP contribution in [0, 0.1) is 17.0 Å². The predicted molar refractivity (Wildman–Crippen MR) is 70.1 cm³/mol. The van der Waals surface area contributed by atoms with Crippen LogP contribution in [0.4, 0.5) is 11.5 Å². The Kier molecular flexibility index (Phi) is 3.64. The van der Waals surface area contributed by atoms with E-state index in [0.29, 0.717) is 30.9 Å². The lowest BCUT2D eigenvalue weighted by Crippen LogP contribution is -2.55. The van der Waals surface area contributed by atoms with E-state index in [4.69, 9.17) is 0 Å². The summed E-state index contributed by atoms with van der Waals surface area (Å²) in [6.45, 7) is 4.83. The number of hydrogen-bond acceptors (Lipinski definition) is 5. The minimum Gasteiger partial charge on any atom is -0.353 e. The van der Waals surface area contributed by atoms with Crippen LogP contribution in [0.5, 0.6) is 0 Å². The number of aromatic nitrogens is 1. The second kappa shape index (κ2) is 5.21. The summed E-state index contributed by atoms with van der Waals surface area (Å²) in [4.78, 5) is 28.1. The highest BCUT2D eigenvalue weighted by molar-refractivity contribution is 5.86. The summed E-state index contributed by atoms with van der Waals surface area (Å²) in [7, 11) is 0. The Morgan fingerprint density at radius 2 is 2.37 bits per heavy atom. The third kappa shape index (κ3) is 2.49. The maximum Gasteiger partial charge on any atom is 0.290 e. The van der Waals surface area contributed by atoms with E-state index in [9.17, 15) is 14.9 Å². The van der Waals surface area contributed by atoms with Crippen molar-refractivity contribution in [1.82, 2.24) is 10.3 Å². The molecule has 1 aromatic heterocycles. The molecule has 1 saturated heterocycles. The van der Waals surface area contributed by atoms with Gasteiger partial charge in [-0.3, -0.25) is 14.9 Å². The molecule has 0 aromatic carbocycles. The first-order valence-corrected chi connectivity index (χ1v) is 6.20. The van der Waals surface area contributed by atoms with Gasteiger partial charge >= 0.3 is 0 Å². The Morgan fingerprint density at radius 1 is 1.63 bits per heavy atom. The van der Waals surface area contributed by atoms with Gasteiger partial charge in [0, 0.05) is 18.7 Å². The molecule has 7 nitrogen and oxygen atoms in total. The van der Waals surface area contributed by atoms with E-state index in [1.165, 1.54) is 6.20 Å². The first-order chi connectivity index (χ1) is 9.04. The van der Waals surface area contributed by atoms with Crippen LogP contribution < -0.4 is 10.2 Å². The number of rotatable bonds is 3. The molecule has 2 heterocycles. The van der Waals surface area contributed by atoms with Gasteiger partial charge in [0.2, 0.25) is 5.91 Å². The number of hydrogen-bond donors (Lipinski definition) is 1.